The van der Waals surface area contributed by atoms with Crippen molar-refractivity contribution in [2.24, 2.45) is 0 Å². The second-order valence-electron chi connectivity index (χ2n) is 4.20. The van der Waals surface area contributed by atoms with Gasteiger partial charge in [0, 0.05) is 5.02 Å². The van der Waals surface area contributed by atoms with E-state index in [0.29, 0.717) is 5.69 Å². The van der Waals surface area contributed by atoms with Gasteiger partial charge in [-0.2, -0.15) is 5.26 Å². The monoisotopic (exact) mass is 271 g/mol. The lowest BCUT2D eigenvalue weighted by molar-refractivity contribution is 0.748. The average molecular weight is 272 g/mol. The zero-order valence-corrected chi connectivity index (χ0v) is 11.4. The van der Waals surface area contributed by atoms with Crippen molar-refractivity contribution in [1.29, 1.82) is 5.26 Å². The minimum atomic E-state index is 0.201. The van der Waals surface area contributed by atoms with Crippen LogP contribution in [0, 0.1) is 11.3 Å². The van der Waals surface area contributed by atoms with Crippen LogP contribution in [0.5, 0.6) is 0 Å². The van der Waals surface area contributed by atoms with Gasteiger partial charge in [-0.25, -0.2) is 4.98 Å². The molecule has 0 bridgehead atoms. The summed E-state index contributed by atoms with van der Waals surface area (Å²) in [6.07, 6.45) is 2.62. The molecule has 0 amide bonds. The van der Waals surface area contributed by atoms with E-state index in [-0.39, 0.29) is 6.04 Å². The van der Waals surface area contributed by atoms with E-state index in [1.165, 1.54) is 5.56 Å². The molecule has 0 saturated carbocycles. The maximum Gasteiger partial charge on any atom is 0.140 e. The van der Waals surface area contributed by atoms with Crippen molar-refractivity contribution in [2.75, 3.05) is 5.32 Å². The molecule has 3 nitrogen and oxygen atoms in total. The Morgan fingerprint density at radius 2 is 2.00 bits per heavy atom. The molecular weight excluding hydrogens is 258 g/mol. The highest BCUT2D eigenvalue weighted by Crippen LogP contribution is 2.23. The zero-order chi connectivity index (χ0) is 13.7. The van der Waals surface area contributed by atoms with Gasteiger partial charge < -0.3 is 5.32 Å². The van der Waals surface area contributed by atoms with Crippen LogP contribution in [0.2, 0.25) is 5.02 Å². The van der Waals surface area contributed by atoms with Crippen molar-refractivity contribution in [1.82, 2.24) is 4.98 Å². The highest BCUT2D eigenvalue weighted by atomic mass is 35.5. The van der Waals surface area contributed by atoms with Crippen molar-refractivity contribution in [2.45, 2.75) is 19.4 Å². The summed E-state index contributed by atoms with van der Waals surface area (Å²) in [6, 6.07) is 13.6. The van der Waals surface area contributed by atoms with E-state index in [0.717, 1.165) is 17.1 Å². The van der Waals surface area contributed by atoms with E-state index >= 15 is 0 Å². The lowest BCUT2D eigenvalue weighted by Gasteiger charge is -2.18. The van der Waals surface area contributed by atoms with Gasteiger partial charge in [-0.15, -0.1) is 0 Å². The van der Waals surface area contributed by atoms with Gasteiger partial charge in [0.2, 0.25) is 0 Å². The number of nitriles is 1. The van der Waals surface area contributed by atoms with E-state index in [4.69, 9.17) is 16.9 Å². The molecule has 1 N–H and O–H groups in total. The first-order valence-corrected chi connectivity index (χ1v) is 6.49. The molecule has 1 atom stereocenters. The molecule has 1 unspecified atom stereocenters. The van der Waals surface area contributed by atoms with Crippen LogP contribution in [0.3, 0.4) is 0 Å². The average Bonchev–Trinajstić information content (AvgIpc) is 2.46. The van der Waals surface area contributed by atoms with Crippen molar-refractivity contribution in [3.05, 3.63) is 58.9 Å². The van der Waals surface area contributed by atoms with Crippen LogP contribution in [0.1, 0.15) is 30.6 Å². The van der Waals surface area contributed by atoms with E-state index in [2.05, 4.69) is 17.2 Å². The number of hydrogen-bond acceptors (Lipinski definition) is 3. The fourth-order valence-corrected chi connectivity index (χ4v) is 1.99. The summed E-state index contributed by atoms with van der Waals surface area (Å²) in [5.74, 6) is 0. The van der Waals surface area contributed by atoms with Crippen LogP contribution in [0.25, 0.3) is 0 Å². The molecule has 2 aromatic rings. The van der Waals surface area contributed by atoms with Crippen LogP contribution in [-0.4, -0.2) is 4.98 Å². The Hall–Kier alpha value is -2.05. The summed E-state index contributed by atoms with van der Waals surface area (Å²) >= 11 is 5.89. The summed E-state index contributed by atoms with van der Waals surface area (Å²) in [4.78, 5) is 4.05. The molecule has 2 rings (SSSR count). The minimum absolute atomic E-state index is 0.201. The summed E-state index contributed by atoms with van der Waals surface area (Å²) in [7, 11) is 0. The normalized spacial score (nSPS) is 11.6. The van der Waals surface area contributed by atoms with Crippen molar-refractivity contribution in [3.8, 4) is 6.07 Å². The Bertz CT molecular complexity index is 570. The molecule has 4 heteroatoms. The first kappa shape index (κ1) is 13.4. The van der Waals surface area contributed by atoms with Gasteiger partial charge in [0.1, 0.15) is 11.8 Å². The molecule has 0 aliphatic carbocycles. The van der Waals surface area contributed by atoms with Gasteiger partial charge >= 0.3 is 0 Å². The Morgan fingerprint density at radius 3 is 2.53 bits per heavy atom. The molecule has 0 aliphatic heterocycles. The predicted molar refractivity (Wildman–Crippen MR) is 77.1 cm³/mol. The predicted octanol–water partition coefficient (Wildman–Crippen LogP) is 4.17. The maximum atomic E-state index is 8.72. The standard InChI is InChI=1S/C15H14ClN3/c1-2-15(11-3-5-12(16)6-4-11)19-14-8-7-13(9-17)18-10-14/h3-8,10,15,19H,2H2,1H3. The molecule has 1 aromatic heterocycles. The van der Waals surface area contributed by atoms with Crippen molar-refractivity contribution < 1.29 is 0 Å². The third-order valence-electron chi connectivity index (χ3n) is 2.90. The lowest BCUT2D eigenvalue weighted by atomic mass is 10.0. The topological polar surface area (TPSA) is 48.7 Å². The molecule has 0 fully saturated rings. The van der Waals surface area contributed by atoms with Gasteiger partial charge in [0.25, 0.3) is 0 Å². The second kappa shape index (κ2) is 6.21. The number of rotatable bonds is 4. The largest absolute Gasteiger partial charge is 0.377 e. The van der Waals surface area contributed by atoms with Crippen LogP contribution in [-0.2, 0) is 0 Å². The van der Waals surface area contributed by atoms with Crippen LogP contribution >= 0.6 is 11.6 Å². The number of anilines is 1. The number of hydrogen-bond donors (Lipinski definition) is 1. The Labute approximate surface area is 117 Å². The molecule has 0 radical (unpaired) electrons. The summed E-state index contributed by atoms with van der Waals surface area (Å²) in [5, 5.41) is 12.9. The number of nitrogens with one attached hydrogen (secondary N) is 1. The highest BCUT2D eigenvalue weighted by Gasteiger charge is 2.09. The van der Waals surface area contributed by atoms with Gasteiger partial charge in [-0.1, -0.05) is 30.7 Å². The van der Waals surface area contributed by atoms with Gasteiger partial charge in [-0.05, 0) is 36.2 Å². The molecule has 1 heterocycles. The van der Waals surface area contributed by atoms with E-state index in [1.54, 1.807) is 12.3 Å². The number of halogens is 1. The van der Waals surface area contributed by atoms with E-state index in [9.17, 15) is 0 Å². The minimum Gasteiger partial charge on any atom is -0.377 e. The molecular formula is C15H14ClN3. The SMILES string of the molecule is CCC(Nc1ccc(C#N)nc1)c1ccc(Cl)cc1. The van der Waals surface area contributed by atoms with Crippen molar-refractivity contribution in [3.63, 3.8) is 0 Å². The smallest absolute Gasteiger partial charge is 0.140 e. The highest BCUT2D eigenvalue weighted by molar-refractivity contribution is 6.30. The van der Waals surface area contributed by atoms with Gasteiger partial charge in [-0.3, -0.25) is 0 Å². The van der Waals surface area contributed by atoms with Crippen LogP contribution in [0.4, 0.5) is 5.69 Å². The summed E-state index contributed by atoms with van der Waals surface area (Å²) in [6.45, 7) is 2.11. The number of benzene rings is 1. The Kier molecular flexibility index (Phi) is 4.38. The summed E-state index contributed by atoms with van der Waals surface area (Å²) in [5.41, 5.74) is 2.50. The fraction of sp³-hybridized carbons (Fsp3) is 0.200. The number of pyridine rings is 1. The molecule has 0 saturated heterocycles. The van der Waals surface area contributed by atoms with Crippen molar-refractivity contribution >= 4 is 17.3 Å². The molecule has 0 spiro atoms. The fourth-order valence-electron chi connectivity index (χ4n) is 1.86. The van der Waals surface area contributed by atoms with Crippen LogP contribution < -0.4 is 5.32 Å². The summed E-state index contributed by atoms with van der Waals surface area (Å²) < 4.78 is 0. The number of aromatic nitrogens is 1. The molecule has 1 aromatic carbocycles. The quantitative estimate of drug-likeness (QED) is 0.908. The Balaban J connectivity index is 2.14. The van der Waals surface area contributed by atoms with Gasteiger partial charge in [0.05, 0.1) is 17.9 Å². The second-order valence-corrected chi connectivity index (χ2v) is 4.64. The first-order chi connectivity index (χ1) is 9.22. The molecule has 19 heavy (non-hydrogen) atoms. The van der Waals surface area contributed by atoms with Crippen LogP contribution in [0.15, 0.2) is 42.6 Å². The zero-order valence-electron chi connectivity index (χ0n) is 10.6. The Morgan fingerprint density at radius 1 is 1.26 bits per heavy atom. The third-order valence-corrected chi connectivity index (χ3v) is 3.15. The van der Waals surface area contributed by atoms with E-state index in [1.807, 2.05) is 36.4 Å². The first-order valence-electron chi connectivity index (χ1n) is 6.11. The third kappa shape index (κ3) is 3.46. The molecule has 96 valence electrons. The number of nitrogens with zero attached hydrogens (tertiary/aromatic N) is 2. The van der Waals surface area contributed by atoms with Gasteiger partial charge in [0.15, 0.2) is 0 Å². The lowest BCUT2D eigenvalue weighted by Crippen LogP contribution is -2.09. The maximum absolute atomic E-state index is 8.72. The molecule has 0 aliphatic rings. The van der Waals surface area contributed by atoms with E-state index < -0.39 is 0 Å².